The predicted octanol–water partition coefficient (Wildman–Crippen LogP) is 8.84. The fourth-order valence-corrected chi connectivity index (χ4v) is 5.15. The molecular weight excluding hydrogens is 484 g/mol. The Kier molecular flexibility index (Phi) is 8.25. The molecule has 216 valence electrons. The highest BCUT2D eigenvalue weighted by Gasteiger charge is 2.42. The zero-order valence-corrected chi connectivity index (χ0v) is 26.6. The largest absolute Gasteiger partial charge is 0.490 e. The van der Waals surface area contributed by atoms with Gasteiger partial charge in [-0.1, -0.05) is 93.5 Å². The summed E-state index contributed by atoms with van der Waals surface area (Å²) in [6.45, 7) is 29.8. The first-order chi connectivity index (χ1) is 18.1. The molecule has 0 spiro atoms. The Morgan fingerprint density at radius 2 is 0.872 bits per heavy atom. The maximum Gasteiger partial charge on any atom is 0.126 e. The van der Waals surface area contributed by atoms with Gasteiger partial charge in [0.1, 0.15) is 35.9 Å². The molecule has 2 saturated heterocycles. The molecule has 0 saturated carbocycles. The van der Waals surface area contributed by atoms with Crippen LogP contribution in [0, 0.1) is 0 Å². The fraction of sp³-hybridized carbons (Fsp3) is 0.657. The first-order valence-corrected chi connectivity index (χ1v) is 15.0. The van der Waals surface area contributed by atoms with Crippen molar-refractivity contribution >= 4 is 0 Å². The lowest BCUT2D eigenvalue weighted by Gasteiger charge is -2.32. The van der Waals surface area contributed by atoms with E-state index < -0.39 is 0 Å². The Bertz CT molecular complexity index is 1030. The number of ether oxygens (including phenoxy) is 4. The highest BCUT2D eigenvalue weighted by Crippen LogP contribution is 2.45. The van der Waals surface area contributed by atoms with Gasteiger partial charge in [0.15, 0.2) is 0 Å². The number of epoxide rings is 2. The molecule has 2 aromatic carbocycles. The summed E-state index contributed by atoms with van der Waals surface area (Å²) in [7, 11) is 0. The third-order valence-electron chi connectivity index (χ3n) is 8.54. The van der Waals surface area contributed by atoms with Crippen LogP contribution in [-0.2, 0) is 14.9 Å². The van der Waals surface area contributed by atoms with Gasteiger partial charge in [0, 0.05) is 5.41 Å². The zero-order chi connectivity index (χ0) is 28.9. The standard InChI is InChI=1S/C35H52O4/c1-21(2)27-13-25(14-28(22(3)4)31(27)36-17-34(11)19-38-34)33(9,10)26-15-29(23(5)6)32(30(16-26)24(7)8)37-18-35(12)20-39-35/h13-16,21-24H,17-20H2,1-12H3. The van der Waals surface area contributed by atoms with Crippen LogP contribution >= 0.6 is 0 Å². The van der Waals surface area contributed by atoms with Crippen molar-refractivity contribution in [1.82, 2.24) is 0 Å². The maximum atomic E-state index is 6.52. The third-order valence-corrected chi connectivity index (χ3v) is 8.54. The van der Waals surface area contributed by atoms with Crippen LogP contribution in [0.1, 0.15) is 140 Å². The molecule has 0 amide bonds. The van der Waals surface area contributed by atoms with Gasteiger partial charge in [-0.3, -0.25) is 0 Å². The van der Waals surface area contributed by atoms with Crippen LogP contribution < -0.4 is 9.47 Å². The minimum atomic E-state index is -0.200. The van der Waals surface area contributed by atoms with Gasteiger partial charge in [-0.05, 0) is 70.9 Å². The van der Waals surface area contributed by atoms with Crippen molar-refractivity contribution in [2.75, 3.05) is 26.4 Å². The average Bonchev–Trinajstić information content (AvgIpc) is 3.78. The molecule has 4 heteroatoms. The predicted molar refractivity (Wildman–Crippen MR) is 161 cm³/mol. The van der Waals surface area contributed by atoms with Crippen molar-refractivity contribution in [1.29, 1.82) is 0 Å². The summed E-state index contributed by atoms with van der Waals surface area (Å²) in [6.07, 6.45) is 0. The summed E-state index contributed by atoms with van der Waals surface area (Å²) in [5.74, 6) is 3.48. The molecule has 4 rings (SSSR count). The van der Waals surface area contributed by atoms with Crippen LogP contribution in [0.2, 0.25) is 0 Å². The van der Waals surface area contributed by atoms with E-state index in [0.29, 0.717) is 36.9 Å². The Morgan fingerprint density at radius 1 is 0.615 bits per heavy atom. The molecule has 0 aromatic heterocycles. The van der Waals surface area contributed by atoms with Crippen molar-refractivity contribution in [3.8, 4) is 11.5 Å². The molecule has 0 N–H and O–H groups in total. The SMILES string of the molecule is CC(C)c1cc(C(C)(C)c2cc(C(C)C)c(OCC3(C)CO3)c(C(C)C)c2)cc(C(C)C)c1OCC1(C)CO1. The van der Waals surface area contributed by atoms with Gasteiger partial charge in [-0.15, -0.1) is 0 Å². The second kappa shape index (κ2) is 10.7. The number of benzene rings is 2. The molecule has 2 aliphatic heterocycles. The molecule has 0 aliphatic carbocycles. The first kappa shape index (κ1) is 29.9. The third kappa shape index (κ3) is 6.49. The fourth-order valence-electron chi connectivity index (χ4n) is 5.15. The van der Waals surface area contributed by atoms with Crippen molar-refractivity contribution < 1.29 is 18.9 Å². The highest BCUT2D eigenvalue weighted by molar-refractivity contribution is 5.55. The van der Waals surface area contributed by atoms with Gasteiger partial charge in [-0.2, -0.15) is 0 Å². The molecule has 39 heavy (non-hydrogen) atoms. The molecular formula is C35H52O4. The minimum Gasteiger partial charge on any atom is -0.490 e. The molecule has 0 radical (unpaired) electrons. The summed E-state index contributed by atoms with van der Waals surface area (Å²) in [5.41, 5.74) is 7.27. The van der Waals surface area contributed by atoms with Crippen molar-refractivity contribution in [3.63, 3.8) is 0 Å². The van der Waals surface area contributed by atoms with E-state index in [4.69, 9.17) is 18.9 Å². The topological polar surface area (TPSA) is 43.5 Å². The van der Waals surface area contributed by atoms with Crippen LogP contribution in [0.5, 0.6) is 11.5 Å². The lowest BCUT2D eigenvalue weighted by Crippen LogP contribution is -2.23. The summed E-state index contributed by atoms with van der Waals surface area (Å²) in [6, 6.07) is 9.56. The smallest absolute Gasteiger partial charge is 0.126 e. The Hall–Kier alpha value is -2.04. The van der Waals surface area contributed by atoms with E-state index >= 15 is 0 Å². The molecule has 2 fully saturated rings. The lowest BCUT2D eigenvalue weighted by atomic mass is 9.73. The van der Waals surface area contributed by atoms with E-state index in [9.17, 15) is 0 Å². The molecule has 2 aliphatic rings. The molecule has 2 heterocycles. The van der Waals surface area contributed by atoms with Crippen LogP contribution in [0.25, 0.3) is 0 Å². The Balaban J connectivity index is 1.81. The molecule has 2 aromatic rings. The van der Waals surface area contributed by atoms with Gasteiger partial charge in [0.05, 0.1) is 13.2 Å². The number of rotatable bonds is 12. The zero-order valence-electron chi connectivity index (χ0n) is 26.6. The van der Waals surface area contributed by atoms with Crippen molar-refractivity contribution in [2.45, 2.75) is 123 Å². The van der Waals surface area contributed by atoms with Crippen molar-refractivity contribution in [3.05, 3.63) is 57.6 Å². The Labute approximate surface area is 237 Å². The quantitative estimate of drug-likeness (QED) is 0.254. The minimum absolute atomic E-state index is 0.145. The van der Waals surface area contributed by atoms with Crippen LogP contribution in [0.15, 0.2) is 24.3 Å². The first-order valence-electron chi connectivity index (χ1n) is 15.0. The van der Waals surface area contributed by atoms with E-state index in [0.717, 1.165) is 24.7 Å². The Morgan fingerprint density at radius 3 is 1.08 bits per heavy atom. The molecule has 2 unspecified atom stereocenters. The monoisotopic (exact) mass is 536 g/mol. The van der Waals surface area contributed by atoms with E-state index in [1.165, 1.54) is 33.4 Å². The van der Waals surface area contributed by atoms with Crippen LogP contribution in [-0.4, -0.2) is 37.6 Å². The second-order valence-electron chi connectivity index (χ2n) is 14.3. The number of hydrogen-bond donors (Lipinski definition) is 0. The summed E-state index contributed by atoms with van der Waals surface area (Å²) < 4.78 is 24.3. The summed E-state index contributed by atoms with van der Waals surface area (Å²) >= 11 is 0. The van der Waals surface area contributed by atoms with Crippen molar-refractivity contribution in [2.24, 2.45) is 0 Å². The molecule has 2 atom stereocenters. The van der Waals surface area contributed by atoms with E-state index in [1.807, 2.05) is 0 Å². The van der Waals surface area contributed by atoms with Crippen LogP contribution in [0.3, 0.4) is 0 Å². The van der Waals surface area contributed by atoms with Crippen LogP contribution in [0.4, 0.5) is 0 Å². The maximum absolute atomic E-state index is 6.52. The average molecular weight is 537 g/mol. The van der Waals surface area contributed by atoms with Gasteiger partial charge in [0.25, 0.3) is 0 Å². The van der Waals surface area contributed by atoms with Gasteiger partial charge < -0.3 is 18.9 Å². The van der Waals surface area contributed by atoms with E-state index in [-0.39, 0.29) is 16.6 Å². The summed E-state index contributed by atoms with van der Waals surface area (Å²) in [5, 5.41) is 0. The molecule has 0 bridgehead atoms. The summed E-state index contributed by atoms with van der Waals surface area (Å²) in [4.78, 5) is 0. The highest BCUT2D eigenvalue weighted by atomic mass is 16.6. The lowest BCUT2D eigenvalue weighted by molar-refractivity contribution is 0.199. The van der Waals surface area contributed by atoms with Gasteiger partial charge in [0.2, 0.25) is 0 Å². The van der Waals surface area contributed by atoms with Gasteiger partial charge in [-0.25, -0.2) is 0 Å². The number of hydrogen-bond acceptors (Lipinski definition) is 4. The van der Waals surface area contributed by atoms with E-state index in [2.05, 4.69) is 107 Å². The van der Waals surface area contributed by atoms with Gasteiger partial charge >= 0.3 is 0 Å². The normalized spacial score (nSPS) is 22.8. The second-order valence-corrected chi connectivity index (χ2v) is 14.3. The molecule has 4 nitrogen and oxygen atoms in total. The van der Waals surface area contributed by atoms with E-state index in [1.54, 1.807) is 0 Å².